The largest absolute Gasteiger partial charge is 0.396 e. The number of aliphatic hydroxyl groups excluding tert-OH is 1. The highest BCUT2D eigenvalue weighted by atomic mass is 16.3. The van der Waals surface area contributed by atoms with E-state index in [0.717, 1.165) is 6.42 Å². The van der Waals surface area contributed by atoms with Crippen LogP contribution < -0.4 is 10.9 Å². The highest BCUT2D eigenvalue weighted by Gasteiger charge is 2.12. The number of carbonyl (C=O) groups excluding carboxylic acids is 1. The quantitative estimate of drug-likeness (QED) is 0.682. The van der Waals surface area contributed by atoms with E-state index >= 15 is 0 Å². The van der Waals surface area contributed by atoms with Crippen LogP contribution in [0.3, 0.4) is 0 Å². The smallest absolute Gasteiger partial charge is 0.254 e. The van der Waals surface area contributed by atoms with Gasteiger partial charge in [-0.2, -0.15) is 0 Å². The summed E-state index contributed by atoms with van der Waals surface area (Å²) in [5, 5.41) is 11.7. The molecule has 1 aromatic rings. The van der Waals surface area contributed by atoms with Crippen molar-refractivity contribution >= 4 is 5.91 Å². The molecule has 1 unspecified atom stereocenters. The molecule has 3 N–H and O–H groups in total. The van der Waals surface area contributed by atoms with Crippen molar-refractivity contribution in [2.24, 2.45) is 0 Å². The van der Waals surface area contributed by atoms with E-state index in [4.69, 9.17) is 5.11 Å². The van der Waals surface area contributed by atoms with Gasteiger partial charge in [0.15, 0.2) is 0 Å². The fraction of sp³-hybridized carbons (Fsp3) is 0.643. The van der Waals surface area contributed by atoms with E-state index in [1.807, 2.05) is 6.92 Å². The minimum atomic E-state index is -0.176. The number of amides is 1. The zero-order chi connectivity index (χ0) is 15.1. The van der Waals surface area contributed by atoms with E-state index in [1.165, 1.54) is 0 Å². The lowest BCUT2D eigenvalue weighted by Crippen LogP contribution is -2.35. The molecule has 20 heavy (non-hydrogen) atoms. The first-order valence-electron chi connectivity index (χ1n) is 6.94. The van der Waals surface area contributed by atoms with Crippen molar-refractivity contribution in [1.29, 1.82) is 0 Å². The molecule has 0 bridgehead atoms. The molecular weight excluding hydrogens is 258 g/mol. The summed E-state index contributed by atoms with van der Waals surface area (Å²) < 4.78 is 0. The first kappa shape index (κ1) is 16.4. The number of aromatic amines is 1. The second kappa shape index (κ2) is 7.79. The van der Waals surface area contributed by atoms with E-state index in [1.54, 1.807) is 13.8 Å². The van der Waals surface area contributed by atoms with Gasteiger partial charge in [0.1, 0.15) is 5.82 Å². The van der Waals surface area contributed by atoms with Crippen LogP contribution in [-0.2, 0) is 11.2 Å². The maximum atomic E-state index is 11.8. The molecule has 0 aliphatic carbocycles. The summed E-state index contributed by atoms with van der Waals surface area (Å²) in [5.74, 6) is 0.472. The van der Waals surface area contributed by atoms with Crippen LogP contribution in [0.5, 0.6) is 0 Å². The fourth-order valence-corrected chi connectivity index (χ4v) is 2.12. The summed E-state index contributed by atoms with van der Waals surface area (Å²) in [5.41, 5.74) is 1.05. The Morgan fingerprint density at radius 3 is 2.70 bits per heavy atom. The Bertz CT molecular complexity index is 511. The Hall–Kier alpha value is -1.69. The number of hydrogen-bond acceptors (Lipinski definition) is 4. The molecular formula is C14H23N3O3. The molecule has 112 valence electrons. The summed E-state index contributed by atoms with van der Waals surface area (Å²) in [7, 11) is 0. The number of H-pyrrole nitrogens is 1. The lowest BCUT2D eigenvalue weighted by atomic mass is 10.1. The normalized spacial score (nSPS) is 12.2. The molecule has 0 aromatic carbocycles. The zero-order valence-electron chi connectivity index (χ0n) is 12.3. The molecule has 0 saturated heterocycles. The SMILES string of the molecule is CCC(CCO)NC(=O)CCc1c(C)nc(C)[nH]c1=O. The molecule has 0 aliphatic rings. The third-order valence-electron chi connectivity index (χ3n) is 3.28. The lowest BCUT2D eigenvalue weighted by molar-refractivity contribution is -0.121. The zero-order valence-corrected chi connectivity index (χ0v) is 12.3. The predicted molar refractivity (Wildman–Crippen MR) is 76.6 cm³/mol. The summed E-state index contributed by atoms with van der Waals surface area (Å²) >= 11 is 0. The van der Waals surface area contributed by atoms with Gasteiger partial charge in [-0.25, -0.2) is 4.98 Å². The van der Waals surface area contributed by atoms with Gasteiger partial charge in [0, 0.05) is 30.3 Å². The van der Waals surface area contributed by atoms with Crippen LogP contribution in [0.15, 0.2) is 4.79 Å². The molecule has 1 aromatic heterocycles. The van der Waals surface area contributed by atoms with Crippen molar-refractivity contribution in [3.8, 4) is 0 Å². The van der Waals surface area contributed by atoms with Gasteiger partial charge >= 0.3 is 0 Å². The Morgan fingerprint density at radius 2 is 2.15 bits per heavy atom. The standard InChI is InChI=1S/C14H23N3O3/c1-4-11(7-8-18)17-13(19)6-5-12-9(2)15-10(3)16-14(12)20/h11,18H,4-8H2,1-3H3,(H,17,19)(H,15,16,20). The monoisotopic (exact) mass is 281 g/mol. The van der Waals surface area contributed by atoms with E-state index in [0.29, 0.717) is 29.9 Å². The topological polar surface area (TPSA) is 95.1 Å². The number of nitrogens with zero attached hydrogens (tertiary/aromatic N) is 1. The van der Waals surface area contributed by atoms with Crippen LogP contribution in [-0.4, -0.2) is 33.6 Å². The minimum Gasteiger partial charge on any atom is -0.396 e. The van der Waals surface area contributed by atoms with Crippen LogP contribution in [0.4, 0.5) is 0 Å². The van der Waals surface area contributed by atoms with Gasteiger partial charge in [0.05, 0.1) is 0 Å². The van der Waals surface area contributed by atoms with Crippen molar-refractivity contribution in [2.75, 3.05) is 6.61 Å². The highest BCUT2D eigenvalue weighted by Crippen LogP contribution is 2.04. The Labute approximate surface area is 118 Å². The molecule has 0 aliphatic heterocycles. The molecule has 6 nitrogen and oxygen atoms in total. The number of hydrogen-bond donors (Lipinski definition) is 3. The second-order valence-electron chi connectivity index (χ2n) is 4.90. The van der Waals surface area contributed by atoms with Crippen molar-refractivity contribution < 1.29 is 9.90 Å². The molecule has 1 amide bonds. The van der Waals surface area contributed by atoms with Crippen LogP contribution in [0.25, 0.3) is 0 Å². The number of carbonyl (C=O) groups is 1. The Morgan fingerprint density at radius 1 is 1.45 bits per heavy atom. The number of rotatable bonds is 7. The van der Waals surface area contributed by atoms with E-state index in [9.17, 15) is 9.59 Å². The first-order valence-corrected chi connectivity index (χ1v) is 6.94. The van der Waals surface area contributed by atoms with E-state index in [2.05, 4.69) is 15.3 Å². The molecule has 6 heteroatoms. The predicted octanol–water partition coefficient (Wildman–Crippen LogP) is 0.597. The average molecular weight is 281 g/mol. The van der Waals surface area contributed by atoms with Crippen LogP contribution >= 0.6 is 0 Å². The van der Waals surface area contributed by atoms with E-state index in [-0.39, 0.29) is 30.5 Å². The number of aromatic nitrogens is 2. The summed E-state index contributed by atoms with van der Waals surface area (Å²) in [6.45, 7) is 5.51. The fourth-order valence-electron chi connectivity index (χ4n) is 2.12. The van der Waals surface area contributed by atoms with Crippen molar-refractivity contribution in [3.63, 3.8) is 0 Å². The van der Waals surface area contributed by atoms with Gasteiger partial charge in [-0.05, 0) is 33.1 Å². The summed E-state index contributed by atoms with van der Waals surface area (Å²) in [6, 6.07) is -0.0111. The average Bonchev–Trinajstić information content (AvgIpc) is 2.36. The summed E-state index contributed by atoms with van der Waals surface area (Å²) in [6.07, 6.45) is 1.94. The second-order valence-corrected chi connectivity index (χ2v) is 4.90. The van der Waals surface area contributed by atoms with Crippen LogP contribution in [0.1, 0.15) is 43.3 Å². The lowest BCUT2D eigenvalue weighted by Gasteiger charge is -2.15. The number of nitrogens with one attached hydrogen (secondary N) is 2. The maximum Gasteiger partial charge on any atom is 0.254 e. The molecule has 0 spiro atoms. The van der Waals surface area contributed by atoms with Gasteiger partial charge in [-0.15, -0.1) is 0 Å². The highest BCUT2D eigenvalue weighted by molar-refractivity contribution is 5.76. The van der Waals surface area contributed by atoms with Gasteiger partial charge in [0.25, 0.3) is 5.56 Å². The van der Waals surface area contributed by atoms with Gasteiger partial charge in [-0.1, -0.05) is 6.92 Å². The summed E-state index contributed by atoms with van der Waals surface area (Å²) in [4.78, 5) is 30.5. The third-order valence-corrected chi connectivity index (χ3v) is 3.28. The van der Waals surface area contributed by atoms with Crippen LogP contribution in [0, 0.1) is 13.8 Å². The van der Waals surface area contributed by atoms with E-state index < -0.39 is 0 Å². The molecule has 0 radical (unpaired) electrons. The molecule has 0 fully saturated rings. The van der Waals surface area contributed by atoms with Gasteiger partial charge in [0.2, 0.25) is 5.91 Å². The minimum absolute atomic E-state index is 0.0111. The number of aliphatic hydroxyl groups is 1. The number of aryl methyl sites for hydroxylation is 2. The third kappa shape index (κ3) is 4.77. The Balaban J connectivity index is 2.59. The molecule has 1 atom stereocenters. The van der Waals surface area contributed by atoms with Gasteiger partial charge < -0.3 is 15.4 Å². The van der Waals surface area contributed by atoms with Crippen molar-refractivity contribution in [1.82, 2.24) is 15.3 Å². The van der Waals surface area contributed by atoms with Crippen molar-refractivity contribution in [3.05, 3.63) is 27.4 Å². The van der Waals surface area contributed by atoms with Crippen LogP contribution in [0.2, 0.25) is 0 Å². The van der Waals surface area contributed by atoms with Gasteiger partial charge in [-0.3, -0.25) is 9.59 Å². The van der Waals surface area contributed by atoms with Crippen molar-refractivity contribution in [2.45, 2.75) is 52.5 Å². The first-order chi connectivity index (χ1) is 9.47. The Kier molecular flexibility index (Phi) is 6.38. The maximum absolute atomic E-state index is 11.8. The molecule has 0 saturated carbocycles. The molecule has 1 rings (SSSR count). The molecule has 1 heterocycles.